The smallest absolute Gasteiger partial charge is 0.253 e. The van der Waals surface area contributed by atoms with Gasteiger partial charge in [0.2, 0.25) is 11.8 Å². The third kappa shape index (κ3) is 6.92. The average Bonchev–Trinajstić information content (AvgIpc) is 2.53. The Kier molecular flexibility index (Phi) is 8.38. The van der Waals surface area contributed by atoms with Crippen molar-refractivity contribution in [3.63, 3.8) is 0 Å². The molecule has 5 N–H and O–H groups in total. The lowest BCUT2D eigenvalue weighted by Gasteiger charge is -2.11. The molecule has 0 unspecified atom stereocenters. The lowest BCUT2D eigenvalue weighted by Crippen LogP contribution is -2.30. The first-order chi connectivity index (χ1) is 11.1. The Balaban J connectivity index is 2.54. The van der Waals surface area contributed by atoms with Gasteiger partial charge in [-0.25, -0.2) is 0 Å². The summed E-state index contributed by atoms with van der Waals surface area (Å²) in [5.41, 5.74) is 6.19. The van der Waals surface area contributed by atoms with Crippen molar-refractivity contribution in [3.05, 3.63) is 29.8 Å². The van der Waals surface area contributed by atoms with Gasteiger partial charge in [-0.15, -0.1) is 0 Å². The normalized spacial score (nSPS) is 10.0. The molecule has 3 amide bonds. The van der Waals surface area contributed by atoms with Gasteiger partial charge in [-0.1, -0.05) is 12.1 Å². The SMILES string of the molecule is CCNC(=O)CCCC(=O)Nc1ccccc1C(=O)NCCN. The van der Waals surface area contributed by atoms with Crippen molar-refractivity contribution < 1.29 is 14.4 Å². The van der Waals surface area contributed by atoms with Crippen LogP contribution in [0, 0.1) is 0 Å². The number of hydrogen-bond donors (Lipinski definition) is 4. The molecule has 1 aromatic rings. The summed E-state index contributed by atoms with van der Waals surface area (Å²) in [5.74, 6) is -0.580. The van der Waals surface area contributed by atoms with E-state index in [9.17, 15) is 14.4 Å². The van der Waals surface area contributed by atoms with E-state index in [1.54, 1.807) is 24.3 Å². The summed E-state index contributed by atoms with van der Waals surface area (Å²) in [6.45, 7) is 3.14. The van der Waals surface area contributed by atoms with E-state index in [1.807, 2.05) is 6.92 Å². The Bertz CT molecular complexity index is 546. The second-order valence-corrected chi connectivity index (χ2v) is 4.95. The second kappa shape index (κ2) is 10.3. The van der Waals surface area contributed by atoms with Crippen molar-refractivity contribution in [2.75, 3.05) is 25.0 Å². The Labute approximate surface area is 136 Å². The first-order valence-electron chi connectivity index (χ1n) is 7.72. The molecule has 0 bridgehead atoms. The van der Waals surface area contributed by atoms with E-state index in [0.717, 1.165) is 0 Å². The van der Waals surface area contributed by atoms with E-state index in [1.165, 1.54) is 0 Å². The van der Waals surface area contributed by atoms with E-state index in [0.29, 0.717) is 43.7 Å². The minimum absolute atomic E-state index is 0.0677. The molecule has 0 heterocycles. The number of hydrogen-bond acceptors (Lipinski definition) is 4. The second-order valence-electron chi connectivity index (χ2n) is 4.95. The molecule has 7 nitrogen and oxygen atoms in total. The van der Waals surface area contributed by atoms with Crippen LogP contribution in [0.3, 0.4) is 0 Å². The van der Waals surface area contributed by atoms with Gasteiger partial charge in [0.15, 0.2) is 0 Å². The maximum Gasteiger partial charge on any atom is 0.253 e. The molecule has 23 heavy (non-hydrogen) atoms. The molecular formula is C16H24N4O3. The largest absolute Gasteiger partial charge is 0.356 e. The number of carbonyl (C=O) groups excluding carboxylic acids is 3. The van der Waals surface area contributed by atoms with Gasteiger partial charge in [0.25, 0.3) is 5.91 Å². The summed E-state index contributed by atoms with van der Waals surface area (Å²) in [6, 6.07) is 6.77. The molecule has 0 spiro atoms. The molecule has 1 aromatic carbocycles. The van der Waals surface area contributed by atoms with Crippen LogP contribution in [0.2, 0.25) is 0 Å². The highest BCUT2D eigenvalue weighted by atomic mass is 16.2. The van der Waals surface area contributed by atoms with Crippen molar-refractivity contribution in [2.24, 2.45) is 5.73 Å². The fraction of sp³-hybridized carbons (Fsp3) is 0.438. The van der Waals surface area contributed by atoms with E-state index in [-0.39, 0.29) is 24.1 Å². The third-order valence-corrected chi connectivity index (χ3v) is 3.06. The minimum atomic E-state index is -0.284. The highest BCUT2D eigenvalue weighted by Gasteiger charge is 2.12. The van der Waals surface area contributed by atoms with Crippen LogP contribution in [0.1, 0.15) is 36.5 Å². The third-order valence-electron chi connectivity index (χ3n) is 3.06. The predicted octanol–water partition coefficient (Wildman–Crippen LogP) is 0.620. The molecule has 126 valence electrons. The highest BCUT2D eigenvalue weighted by Crippen LogP contribution is 2.15. The zero-order chi connectivity index (χ0) is 17.1. The number of carbonyl (C=O) groups is 3. The number of nitrogens with one attached hydrogen (secondary N) is 3. The molecular weight excluding hydrogens is 296 g/mol. The molecule has 0 aliphatic heterocycles. The Morgan fingerprint density at radius 1 is 1.04 bits per heavy atom. The zero-order valence-corrected chi connectivity index (χ0v) is 13.4. The fourth-order valence-corrected chi connectivity index (χ4v) is 1.98. The summed E-state index contributed by atoms with van der Waals surface area (Å²) in [4.78, 5) is 35.3. The number of benzene rings is 1. The van der Waals surface area contributed by atoms with Crippen LogP contribution in [-0.4, -0.2) is 37.4 Å². The van der Waals surface area contributed by atoms with E-state index < -0.39 is 0 Å². The summed E-state index contributed by atoms with van der Waals surface area (Å²) in [6.07, 6.45) is 0.981. The standard InChI is InChI=1S/C16H24N4O3/c1-2-18-14(21)8-5-9-15(22)20-13-7-4-3-6-12(13)16(23)19-11-10-17/h3-4,6-7H,2,5,8-11,17H2,1H3,(H,18,21)(H,19,23)(H,20,22). The average molecular weight is 320 g/mol. The first kappa shape index (κ1) is 18.6. The summed E-state index contributed by atoms with van der Waals surface area (Å²) >= 11 is 0. The number of rotatable bonds is 9. The van der Waals surface area contributed by atoms with E-state index in [4.69, 9.17) is 5.73 Å². The fourth-order valence-electron chi connectivity index (χ4n) is 1.98. The van der Waals surface area contributed by atoms with Gasteiger partial charge in [-0.3, -0.25) is 14.4 Å². The summed E-state index contributed by atoms with van der Waals surface area (Å²) in [5, 5.41) is 8.06. The van der Waals surface area contributed by atoms with Crippen LogP contribution < -0.4 is 21.7 Å². The van der Waals surface area contributed by atoms with Crippen LogP contribution >= 0.6 is 0 Å². The molecule has 0 atom stereocenters. The van der Waals surface area contributed by atoms with Crippen LogP contribution in [0.15, 0.2) is 24.3 Å². The molecule has 0 aliphatic carbocycles. The Morgan fingerprint density at radius 3 is 2.43 bits per heavy atom. The lowest BCUT2D eigenvalue weighted by molar-refractivity contribution is -0.121. The maximum absolute atomic E-state index is 12.0. The molecule has 0 fully saturated rings. The van der Waals surface area contributed by atoms with Crippen LogP contribution in [-0.2, 0) is 9.59 Å². The highest BCUT2D eigenvalue weighted by molar-refractivity contribution is 6.03. The summed E-state index contributed by atoms with van der Waals surface area (Å²) in [7, 11) is 0. The van der Waals surface area contributed by atoms with Gasteiger partial charge in [0.05, 0.1) is 11.3 Å². The van der Waals surface area contributed by atoms with Crippen LogP contribution in [0.4, 0.5) is 5.69 Å². The summed E-state index contributed by atoms with van der Waals surface area (Å²) < 4.78 is 0. The number of para-hydroxylation sites is 1. The van der Waals surface area contributed by atoms with Crippen molar-refractivity contribution >= 4 is 23.4 Å². The van der Waals surface area contributed by atoms with Gasteiger partial charge in [-0.05, 0) is 25.5 Å². The molecule has 0 aromatic heterocycles. The van der Waals surface area contributed by atoms with Gasteiger partial charge in [-0.2, -0.15) is 0 Å². The van der Waals surface area contributed by atoms with E-state index in [2.05, 4.69) is 16.0 Å². The van der Waals surface area contributed by atoms with Crippen molar-refractivity contribution in [1.29, 1.82) is 0 Å². The van der Waals surface area contributed by atoms with Gasteiger partial charge >= 0.3 is 0 Å². The predicted molar refractivity (Wildman–Crippen MR) is 89.0 cm³/mol. The maximum atomic E-state index is 12.0. The van der Waals surface area contributed by atoms with Gasteiger partial charge in [0, 0.05) is 32.5 Å². The van der Waals surface area contributed by atoms with E-state index >= 15 is 0 Å². The molecule has 0 saturated carbocycles. The quantitative estimate of drug-likeness (QED) is 0.534. The van der Waals surface area contributed by atoms with Crippen molar-refractivity contribution in [1.82, 2.24) is 10.6 Å². The Hall–Kier alpha value is -2.41. The topological polar surface area (TPSA) is 113 Å². The van der Waals surface area contributed by atoms with Gasteiger partial charge in [0.1, 0.15) is 0 Å². The van der Waals surface area contributed by atoms with Crippen molar-refractivity contribution in [2.45, 2.75) is 26.2 Å². The van der Waals surface area contributed by atoms with Gasteiger partial charge < -0.3 is 21.7 Å². The Morgan fingerprint density at radius 2 is 1.74 bits per heavy atom. The van der Waals surface area contributed by atoms with Crippen molar-refractivity contribution in [3.8, 4) is 0 Å². The first-order valence-corrected chi connectivity index (χ1v) is 7.72. The van der Waals surface area contributed by atoms with Crippen LogP contribution in [0.5, 0.6) is 0 Å². The zero-order valence-electron chi connectivity index (χ0n) is 13.4. The number of amides is 3. The lowest BCUT2D eigenvalue weighted by atomic mass is 10.1. The molecule has 0 radical (unpaired) electrons. The number of nitrogens with two attached hydrogens (primary N) is 1. The minimum Gasteiger partial charge on any atom is -0.356 e. The molecule has 0 aliphatic rings. The molecule has 1 rings (SSSR count). The monoisotopic (exact) mass is 320 g/mol. The molecule has 7 heteroatoms. The molecule has 0 saturated heterocycles. The number of anilines is 1. The van der Waals surface area contributed by atoms with Crippen LogP contribution in [0.25, 0.3) is 0 Å².